The molecular weight excluding hydrogens is 530 g/mol. The molecule has 42 heavy (non-hydrogen) atoms. The quantitative estimate of drug-likeness (QED) is 0.248. The molecule has 212 valence electrons. The Bertz CT molecular complexity index is 1680. The average Bonchev–Trinajstić information content (AvgIpc) is 3.58. The number of rotatable bonds is 10. The second kappa shape index (κ2) is 11.7. The maximum atomic E-state index is 11.0. The molecule has 4 atom stereocenters. The number of benzene rings is 3. The molecule has 2 N–H and O–H groups in total. The monoisotopic (exact) mass is 561 g/mol. The lowest BCUT2D eigenvalue weighted by molar-refractivity contribution is -0.197. The normalized spacial score (nSPS) is 23.6. The van der Waals surface area contributed by atoms with Gasteiger partial charge in [0.2, 0.25) is 5.60 Å². The van der Waals surface area contributed by atoms with Crippen molar-refractivity contribution in [3.63, 3.8) is 0 Å². The van der Waals surface area contributed by atoms with Gasteiger partial charge in [-0.15, -0.1) is 0 Å². The molecule has 9 heteroatoms. The summed E-state index contributed by atoms with van der Waals surface area (Å²) in [5.41, 5.74) is 6.94. The molecule has 0 radical (unpaired) electrons. The highest BCUT2D eigenvalue weighted by Crippen LogP contribution is 2.51. The van der Waals surface area contributed by atoms with Crippen LogP contribution < -0.4 is 5.73 Å². The van der Waals surface area contributed by atoms with Crippen LogP contribution in [0.15, 0.2) is 109 Å². The summed E-state index contributed by atoms with van der Waals surface area (Å²) in [6.45, 7) is 2.55. The lowest BCUT2D eigenvalue weighted by Gasteiger charge is -2.39. The molecule has 3 heterocycles. The largest absolute Gasteiger partial charge is 0.382 e. The van der Waals surface area contributed by atoms with Crippen LogP contribution in [-0.4, -0.2) is 32.6 Å². The third-order valence-electron chi connectivity index (χ3n) is 7.69. The summed E-state index contributed by atoms with van der Waals surface area (Å²) in [5.74, 6) is 0.281. The van der Waals surface area contributed by atoms with Gasteiger partial charge in [0.1, 0.15) is 29.6 Å². The summed E-state index contributed by atoms with van der Waals surface area (Å²) >= 11 is 0. The van der Waals surface area contributed by atoms with E-state index in [9.17, 15) is 5.26 Å². The Balaban J connectivity index is 1.45. The summed E-state index contributed by atoms with van der Waals surface area (Å²) in [6, 6.07) is 35.3. The van der Waals surface area contributed by atoms with Crippen LogP contribution in [0, 0.1) is 11.3 Å². The molecule has 1 fully saturated rings. The summed E-state index contributed by atoms with van der Waals surface area (Å²) in [4.78, 5) is 4.11. The lowest BCUT2D eigenvalue weighted by Crippen LogP contribution is -2.55. The van der Waals surface area contributed by atoms with E-state index in [-0.39, 0.29) is 25.6 Å². The zero-order valence-electron chi connectivity index (χ0n) is 23.2. The van der Waals surface area contributed by atoms with Crippen LogP contribution >= 0.6 is 0 Å². The summed E-state index contributed by atoms with van der Waals surface area (Å²) < 4.78 is 27.9. The minimum atomic E-state index is -1.70. The Kier molecular flexibility index (Phi) is 7.69. The van der Waals surface area contributed by atoms with Crippen LogP contribution in [-0.2, 0) is 44.4 Å². The van der Waals surface area contributed by atoms with E-state index >= 15 is 0 Å². The number of nitrogens with zero attached hydrogens (tertiary/aromatic N) is 4. The van der Waals surface area contributed by atoms with Crippen LogP contribution in [0.25, 0.3) is 5.52 Å². The molecule has 0 aliphatic carbocycles. The summed E-state index contributed by atoms with van der Waals surface area (Å²) in [7, 11) is 0. The van der Waals surface area contributed by atoms with E-state index in [0.29, 0.717) is 11.2 Å². The molecule has 5 aromatic rings. The van der Waals surface area contributed by atoms with E-state index in [1.165, 1.54) is 6.33 Å². The maximum Gasteiger partial charge on any atom is 0.230 e. The summed E-state index contributed by atoms with van der Waals surface area (Å²) in [5, 5.41) is 15.4. The fourth-order valence-corrected chi connectivity index (χ4v) is 5.40. The number of hydrogen-bond donors (Lipinski definition) is 1. The van der Waals surface area contributed by atoms with Crippen molar-refractivity contribution in [3.05, 3.63) is 132 Å². The van der Waals surface area contributed by atoms with E-state index in [2.05, 4.69) is 16.2 Å². The standard InChI is InChI=1S/C33H31N5O4/c1-32(41-21-26-15-9-4-10-16-26)29(39-19-24-11-5-2-6-12-24)31(40-20-25-13-7-3-8-14-25)42-33(32,22-34)28-18-17-27-30(35)36-23-37-38(27)28/h2-18,23,29,31H,19-21H2,1H3,(H2,35,36,37)/t29-,31+,32-,33+/m1/s1. The zero-order valence-corrected chi connectivity index (χ0v) is 23.2. The molecule has 2 aromatic heterocycles. The van der Waals surface area contributed by atoms with Crippen molar-refractivity contribution in [3.8, 4) is 6.07 Å². The van der Waals surface area contributed by atoms with Crippen molar-refractivity contribution in [1.29, 1.82) is 5.26 Å². The fourth-order valence-electron chi connectivity index (χ4n) is 5.40. The molecule has 0 unspecified atom stereocenters. The van der Waals surface area contributed by atoms with Gasteiger partial charge in [0.15, 0.2) is 12.1 Å². The number of nitrogen functional groups attached to an aromatic ring is 1. The highest BCUT2D eigenvalue weighted by molar-refractivity contribution is 5.66. The van der Waals surface area contributed by atoms with Gasteiger partial charge in [-0.2, -0.15) is 10.4 Å². The van der Waals surface area contributed by atoms with E-state index in [0.717, 1.165) is 16.7 Å². The first-order chi connectivity index (χ1) is 20.5. The van der Waals surface area contributed by atoms with Gasteiger partial charge >= 0.3 is 0 Å². The van der Waals surface area contributed by atoms with Gasteiger partial charge in [-0.1, -0.05) is 91.0 Å². The van der Waals surface area contributed by atoms with Crippen molar-refractivity contribution in [2.24, 2.45) is 0 Å². The van der Waals surface area contributed by atoms with Gasteiger partial charge in [0.05, 0.1) is 25.5 Å². The Hall–Kier alpha value is -4.59. The maximum absolute atomic E-state index is 11.0. The Morgan fingerprint density at radius 3 is 2.00 bits per heavy atom. The number of anilines is 1. The molecule has 0 saturated carbocycles. The summed E-state index contributed by atoms with van der Waals surface area (Å²) in [6.07, 6.45) is -0.422. The highest BCUT2D eigenvalue weighted by Gasteiger charge is 2.68. The number of nitriles is 1. The highest BCUT2D eigenvalue weighted by atomic mass is 16.7. The van der Waals surface area contributed by atoms with Gasteiger partial charge < -0.3 is 24.7 Å². The second-order valence-electron chi connectivity index (χ2n) is 10.3. The average molecular weight is 562 g/mol. The van der Waals surface area contributed by atoms with Crippen molar-refractivity contribution in [1.82, 2.24) is 14.6 Å². The molecule has 1 aliphatic rings. The van der Waals surface area contributed by atoms with E-state index in [4.69, 9.17) is 24.7 Å². The molecule has 0 spiro atoms. The lowest BCUT2D eigenvalue weighted by atomic mass is 9.80. The third kappa shape index (κ3) is 5.02. The van der Waals surface area contributed by atoms with Gasteiger partial charge in [-0.05, 0) is 35.7 Å². The molecule has 1 saturated heterocycles. The molecular formula is C33H31N5O4. The number of fused-ring (bicyclic) bond motifs is 1. The smallest absolute Gasteiger partial charge is 0.230 e. The van der Waals surface area contributed by atoms with Crippen LogP contribution in [0.2, 0.25) is 0 Å². The SMILES string of the molecule is C[C@@]1(OCc2ccccc2)[C@H](OCc2ccccc2)[C@@H](OCc2ccccc2)O[C@@]1(C#N)c1ccc2c(N)ncnn12. The van der Waals surface area contributed by atoms with Crippen molar-refractivity contribution in [2.45, 2.75) is 50.3 Å². The van der Waals surface area contributed by atoms with Gasteiger partial charge in [0, 0.05) is 0 Å². The minimum Gasteiger partial charge on any atom is -0.382 e. The fraction of sp³-hybridized carbons (Fsp3) is 0.242. The predicted octanol–water partition coefficient (Wildman–Crippen LogP) is 5.16. The molecule has 9 nitrogen and oxygen atoms in total. The predicted molar refractivity (Wildman–Crippen MR) is 155 cm³/mol. The first kappa shape index (κ1) is 27.6. The number of hydrogen-bond acceptors (Lipinski definition) is 8. The first-order valence-corrected chi connectivity index (χ1v) is 13.7. The molecule has 3 aromatic carbocycles. The number of aromatic nitrogens is 3. The van der Waals surface area contributed by atoms with Crippen LogP contribution in [0.5, 0.6) is 0 Å². The van der Waals surface area contributed by atoms with Crippen molar-refractivity contribution in [2.75, 3.05) is 5.73 Å². The van der Waals surface area contributed by atoms with Gasteiger partial charge in [-0.25, -0.2) is 9.50 Å². The second-order valence-corrected chi connectivity index (χ2v) is 10.3. The number of nitrogens with two attached hydrogens (primary N) is 1. The molecule has 6 rings (SSSR count). The van der Waals surface area contributed by atoms with Crippen LogP contribution in [0.4, 0.5) is 5.82 Å². The van der Waals surface area contributed by atoms with E-state index in [1.54, 1.807) is 16.6 Å². The van der Waals surface area contributed by atoms with Gasteiger partial charge in [0.25, 0.3) is 0 Å². The molecule has 1 aliphatic heterocycles. The zero-order chi connectivity index (χ0) is 29.0. The van der Waals surface area contributed by atoms with E-state index < -0.39 is 23.6 Å². The first-order valence-electron chi connectivity index (χ1n) is 13.7. The Morgan fingerprint density at radius 2 is 1.40 bits per heavy atom. The van der Waals surface area contributed by atoms with E-state index in [1.807, 2.05) is 97.9 Å². The third-order valence-corrected chi connectivity index (χ3v) is 7.69. The van der Waals surface area contributed by atoms with Crippen molar-refractivity contribution < 1.29 is 18.9 Å². The Morgan fingerprint density at radius 1 is 0.833 bits per heavy atom. The van der Waals surface area contributed by atoms with Crippen molar-refractivity contribution >= 4 is 11.3 Å². The van der Waals surface area contributed by atoms with Crippen LogP contribution in [0.1, 0.15) is 29.3 Å². The Labute approximate surface area is 244 Å². The minimum absolute atomic E-state index is 0.209. The van der Waals surface area contributed by atoms with Gasteiger partial charge in [-0.3, -0.25) is 0 Å². The van der Waals surface area contributed by atoms with Crippen LogP contribution in [0.3, 0.4) is 0 Å². The molecule has 0 bridgehead atoms. The molecule has 0 amide bonds. The topological polar surface area (TPSA) is 117 Å². The number of ether oxygens (including phenoxy) is 4.